The van der Waals surface area contributed by atoms with Gasteiger partial charge in [-0.15, -0.1) is 0 Å². The predicted molar refractivity (Wildman–Crippen MR) is 119 cm³/mol. The van der Waals surface area contributed by atoms with Gasteiger partial charge < -0.3 is 15.0 Å². The number of pyridine rings is 1. The second kappa shape index (κ2) is 8.57. The van der Waals surface area contributed by atoms with Crippen molar-refractivity contribution in [3.8, 4) is 0 Å². The Morgan fingerprint density at radius 2 is 1.77 bits per heavy atom. The van der Waals surface area contributed by atoms with Crippen molar-refractivity contribution in [1.82, 2.24) is 20.2 Å². The summed E-state index contributed by atoms with van der Waals surface area (Å²) in [5, 5.41) is 7.21. The van der Waals surface area contributed by atoms with E-state index in [2.05, 4.69) is 20.6 Å². The van der Waals surface area contributed by atoms with E-state index < -0.39 is 0 Å². The highest BCUT2D eigenvalue weighted by Gasteiger charge is 2.18. The van der Waals surface area contributed by atoms with Crippen LogP contribution in [0.5, 0.6) is 0 Å². The van der Waals surface area contributed by atoms with E-state index in [4.69, 9.17) is 4.74 Å². The van der Waals surface area contributed by atoms with Gasteiger partial charge >= 0.3 is 0 Å². The van der Waals surface area contributed by atoms with E-state index in [0.717, 1.165) is 15.7 Å². The molecule has 0 aliphatic carbocycles. The molecule has 9 heteroatoms. The van der Waals surface area contributed by atoms with Crippen LogP contribution >= 0.6 is 11.3 Å². The van der Waals surface area contributed by atoms with Crippen molar-refractivity contribution < 1.29 is 14.3 Å². The van der Waals surface area contributed by atoms with Crippen molar-refractivity contribution in [2.24, 2.45) is 0 Å². The summed E-state index contributed by atoms with van der Waals surface area (Å²) in [6.45, 7) is 0.580. The maximum Gasteiger partial charge on any atom is 0.257 e. The van der Waals surface area contributed by atoms with Crippen molar-refractivity contribution in [3.63, 3.8) is 0 Å². The third-order valence-electron chi connectivity index (χ3n) is 4.80. The molecule has 2 aromatic heterocycles. The smallest absolute Gasteiger partial charge is 0.257 e. The normalized spacial score (nSPS) is 12.6. The molecule has 8 nitrogen and oxygen atoms in total. The van der Waals surface area contributed by atoms with E-state index in [9.17, 15) is 9.59 Å². The first-order valence-corrected chi connectivity index (χ1v) is 10.3. The Kier molecular flexibility index (Phi) is 5.68. The molecule has 158 valence electrons. The average Bonchev–Trinajstić information content (AvgIpc) is 3.22. The number of ether oxygens (including phenoxy) is 1. The molecule has 1 aliphatic heterocycles. The molecule has 0 bridgehead atoms. The average molecular weight is 436 g/mol. The first-order valence-electron chi connectivity index (χ1n) is 9.53. The molecular formula is C22H21N5O3S. The first kappa shape index (κ1) is 20.5. The van der Waals surface area contributed by atoms with Crippen LogP contribution in [0.4, 0.5) is 5.13 Å². The summed E-state index contributed by atoms with van der Waals surface area (Å²) in [6.07, 6.45) is 3.48. The van der Waals surface area contributed by atoms with Crippen LogP contribution in [0.15, 0.2) is 48.8 Å². The van der Waals surface area contributed by atoms with Crippen molar-refractivity contribution in [1.29, 1.82) is 0 Å². The van der Waals surface area contributed by atoms with E-state index >= 15 is 0 Å². The van der Waals surface area contributed by atoms with Crippen LogP contribution in [0.3, 0.4) is 0 Å². The molecule has 31 heavy (non-hydrogen) atoms. The second-order valence-electron chi connectivity index (χ2n) is 7.03. The third-order valence-corrected chi connectivity index (χ3v) is 5.83. The largest absolute Gasteiger partial charge is 0.481 e. The van der Waals surface area contributed by atoms with E-state index in [0.29, 0.717) is 34.0 Å². The Balaban J connectivity index is 1.66. The molecule has 0 atom stereocenters. The quantitative estimate of drug-likeness (QED) is 0.621. The summed E-state index contributed by atoms with van der Waals surface area (Å²) in [5.74, 6) is 0.150. The van der Waals surface area contributed by atoms with Crippen LogP contribution in [0.2, 0.25) is 0 Å². The fourth-order valence-corrected chi connectivity index (χ4v) is 4.23. The number of carbonyl (C=O) groups is 2. The van der Waals surface area contributed by atoms with Gasteiger partial charge in [-0.1, -0.05) is 11.3 Å². The Bertz CT molecular complexity index is 1250. The zero-order valence-corrected chi connectivity index (χ0v) is 18.1. The van der Waals surface area contributed by atoms with Gasteiger partial charge in [0.15, 0.2) is 5.13 Å². The number of methoxy groups -OCH3 is 1. The fourth-order valence-electron chi connectivity index (χ4n) is 3.21. The summed E-state index contributed by atoms with van der Waals surface area (Å²) >= 11 is 1.39. The lowest BCUT2D eigenvalue weighted by atomic mass is 10.1. The van der Waals surface area contributed by atoms with Gasteiger partial charge in [-0.05, 0) is 47.5 Å². The van der Waals surface area contributed by atoms with Crippen LogP contribution in [0.25, 0.3) is 11.5 Å². The van der Waals surface area contributed by atoms with Crippen molar-refractivity contribution in [3.05, 3.63) is 75.4 Å². The van der Waals surface area contributed by atoms with Crippen LogP contribution in [0.1, 0.15) is 26.3 Å². The fraction of sp³-hybridized carbons (Fsp3) is 0.182. The molecule has 0 spiro atoms. The molecule has 3 aromatic rings. The molecule has 0 fully saturated rings. The van der Waals surface area contributed by atoms with E-state index in [-0.39, 0.29) is 11.8 Å². The number of hydrogen-bond donors (Lipinski definition) is 2. The minimum atomic E-state index is -0.299. The number of fused-ring (bicyclic) bond motifs is 1. The van der Waals surface area contributed by atoms with Gasteiger partial charge in [0.05, 0.1) is 11.6 Å². The van der Waals surface area contributed by atoms with E-state index in [1.165, 1.54) is 16.2 Å². The second-order valence-corrected chi connectivity index (χ2v) is 8.03. The molecular weight excluding hydrogens is 414 g/mol. The van der Waals surface area contributed by atoms with Crippen molar-refractivity contribution >= 4 is 39.7 Å². The number of nitrogens with one attached hydrogen (secondary N) is 2. The van der Waals surface area contributed by atoms with Gasteiger partial charge in [-0.25, -0.2) is 4.98 Å². The summed E-state index contributed by atoms with van der Waals surface area (Å²) in [6, 6.07) is 10.4. The van der Waals surface area contributed by atoms with Gasteiger partial charge in [0.1, 0.15) is 5.35 Å². The van der Waals surface area contributed by atoms with Crippen LogP contribution in [0, 0.1) is 0 Å². The highest BCUT2D eigenvalue weighted by atomic mass is 32.1. The predicted octanol–water partition coefficient (Wildman–Crippen LogP) is 1.01. The molecule has 2 N–H and O–H groups in total. The summed E-state index contributed by atoms with van der Waals surface area (Å²) in [7, 11) is 4.95. The number of anilines is 1. The number of hydrogen-bond acceptors (Lipinski definition) is 7. The number of benzene rings is 1. The van der Waals surface area contributed by atoms with Crippen molar-refractivity contribution in [2.45, 2.75) is 0 Å². The monoisotopic (exact) mass is 435 g/mol. The summed E-state index contributed by atoms with van der Waals surface area (Å²) in [4.78, 5) is 34.9. The highest BCUT2D eigenvalue weighted by molar-refractivity contribution is 7.13. The van der Waals surface area contributed by atoms with Gasteiger partial charge in [0, 0.05) is 44.2 Å². The standard InChI is InChI=1S/C22H21N5O3S/c1-27(2)21(29)15-6-4-14(5-7-15)19(28)26-22-25-17-18(31-22)16(12-24-20(17)30-3)13-8-10-23-11-9-13/h4-11,24H,12H2,1-3H3,(H,25,26,28). The number of carbonyl (C=O) groups excluding carboxylic acids is 2. The lowest BCUT2D eigenvalue weighted by Gasteiger charge is -2.15. The summed E-state index contributed by atoms with van der Waals surface area (Å²) < 4.78 is 6.37. The molecule has 2 amide bonds. The number of thiazole rings is 1. The topological polar surface area (TPSA) is 96.4 Å². The maximum atomic E-state index is 12.7. The Labute approximate surface area is 182 Å². The highest BCUT2D eigenvalue weighted by Crippen LogP contribution is 2.16. The van der Waals surface area contributed by atoms with Gasteiger partial charge in [0.25, 0.3) is 11.8 Å². The van der Waals surface area contributed by atoms with Crippen LogP contribution < -0.4 is 20.5 Å². The number of aromatic nitrogens is 2. The van der Waals surface area contributed by atoms with Crippen LogP contribution in [-0.4, -0.2) is 54.4 Å². The lowest BCUT2D eigenvalue weighted by Crippen LogP contribution is -2.40. The Morgan fingerprint density at radius 3 is 2.42 bits per heavy atom. The molecule has 1 aromatic carbocycles. The van der Waals surface area contributed by atoms with Crippen molar-refractivity contribution in [2.75, 3.05) is 33.1 Å². The Morgan fingerprint density at radius 1 is 1.10 bits per heavy atom. The molecule has 0 saturated heterocycles. The van der Waals surface area contributed by atoms with E-state index in [1.807, 2.05) is 12.1 Å². The SMILES string of the molecule is COC1=c2nc(NC(=O)c3ccc(C(=O)N(C)C)cc3)sc2=C(c2ccncc2)CN1. The summed E-state index contributed by atoms with van der Waals surface area (Å²) in [5.41, 5.74) is 3.05. The number of amides is 2. The van der Waals surface area contributed by atoms with E-state index in [1.54, 1.807) is 57.9 Å². The zero-order valence-electron chi connectivity index (χ0n) is 17.3. The van der Waals surface area contributed by atoms with Gasteiger partial charge in [0.2, 0.25) is 5.88 Å². The molecule has 0 radical (unpaired) electrons. The van der Waals surface area contributed by atoms with Crippen LogP contribution in [-0.2, 0) is 4.74 Å². The molecule has 1 aliphatic rings. The third kappa shape index (κ3) is 4.13. The molecule has 0 saturated carbocycles. The molecule has 4 rings (SSSR count). The molecule has 3 heterocycles. The zero-order chi connectivity index (χ0) is 22.0. The number of rotatable bonds is 5. The maximum absolute atomic E-state index is 12.7. The lowest BCUT2D eigenvalue weighted by molar-refractivity contribution is 0.0827. The molecule has 0 unspecified atom stereocenters. The number of nitrogens with zero attached hydrogens (tertiary/aromatic N) is 3. The van der Waals surface area contributed by atoms with Gasteiger partial charge in [-0.3, -0.25) is 19.9 Å². The first-order chi connectivity index (χ1) is 15.0. The Hall–Kier alpha value is -3.72. The minimum absolute atomic E-state index is 0.117. The minimum Gasteiger partial charge on any atom is -0.481 e. The van der Waals surface area contributed by atoms with Gasteiger partial charge in [-0.2, -0.15) is 0 Å².